The van der Waals surface area contributed by atoms with Gasteiger partial charge in [-0.2, -0.15) is 5.26 Å². The smallest absolute Gasteiger partial charge is 0.345 e. The minimum atomic E-state index is -0.480. The van der Waals surface area contributed by atoms with Crippen molar-refractivity contribution in [1.82, 2.24) is 4.98 Å². The normalized spacial score (nSPS) is 11.4. The molecular weight excluding hydrogens is 388 g/mol. The molecule has 142 valence electrons. The Kier molecular flexibility index (Phi) is 4.85. The van der Waals surface area contributed by atoms with Crippen molar-refractivity contribution in [3.63, 3.8) is 0 Å². The topological polar surface area (TPSA) is 96.4 Å². The fraction of sp³-hybridized carbons (Fsp3) is 0.0455. The first-order valence-electron chi connectivity index (χ1n) is 8.57. The average Bonchev–Trinajstić information content (AvgIpc) is 3.22. The van der Waals surface area contributed by atoms with Gasteiger partial charge in [-0.3, -0.25) is 0 Å². The van der Waals surface area contributed by atoms with E-state index in [1.165, 1.54) is 24.5 Å². The summed E-state index contributed by atoms with van der Waals surface area (Å²) >= 11 is 1.26. The first-order chi connectivity index (χ1) is 14.1. The predicted octanol–water partition coefficient (Wildman–Crippen LogP) is 4.69. The van der Waals surface area contributed by atoms with Gasteiger partial charge in [-0.1, -0.05) is 24.3 Å². The van der Waals surface area contributed by atoms with E-state index in [1.54, 1.807) is 41.8 Å². The van der Waals surface area contributed by atoms with Crippen molar-refractivity contribution < 1.29 is 14.3 Å². The zero-order valence-corrected chi connectivity index (χ0v) is 16.1. The summed E-state index contributed by atoms with van der Waals surface area (Å²) in [6.45, 7) is 0. The van der Waals surface area contributed by atoms with Crippen LogP contribution in [0, 0.1) is 11.3 Å². The Bertz CT molecular complexity index is 1340. The number of phenolic OH excluding ortho intramolecular Hbond substituents is 1. The molecule has 1 N–H and O–H groups in total. The van der Waals surface area contributed by atoms with Crippen LogP contribution in [0.2, 0.25) is 0 Å². The molecule has 0 aliphatic heterocycles. The molecule has 2 aromatic carbocycles. The summed E-state index contributed by atoms with van der Waals surface area (Å²) < 4.78 is 10.5. The van der Waals surface area contributed by atoms with Crippen molar-refractivity contribution in [3.8, 4) is 28.8 Å². The molecule has 0 aliphatic carbocycles. The molecule has 4 aromatic rings. The number of benzene rings is 2. The third-order valence-electron chi connectivity index (χ3n) is 4.29. The van der Waals surface area contributed by atoms with Gasteiger partial charge in [0.25, 0.3) is 0 Å². The van der Waals surface area contributed by atoms with Gasteiger partial charge in [0.1, 0.15) is 16.7 Å². The summed E-state index contributed by atoms with van der Waals surface area (Å²) in [6.07, 6.45) is 1.65. The molecule has 0 saturated heterocycles. The molecule has 2 aromatic heterocycles. The molecule has 0 amide bonds. The van der Waals surface area contributed by atoms with E-state index in [-0.39, 0.29) is 5.75 Å². The van der Waals surface area contributed by atoms with Crippen molar-refractivity contribution in [2.75, 3.05) is 7.11 Å². The molecule has 29 heavy (non-hydrogen) atoms. The molecule has 4 rings (SSSR count). The SMILES string of the molecule is COc1cc(/C=C(/C#N)c2nc(-c3cc4ccccc4oc3=O)cs2)ccc1O. The molecule has 7 heteroatoms. The van der Waals surface area contributed by atoms with Gasteiger partial charge in [0.15, 0.2) is 11.5 Å². The van der Waals surface area contributed by atoms with Crippen LogP contribution in [-0.2, 0) is 0 Å². The second kappa shape index (κ2) is 7.62. The Balaban J connectivity index is 1.74. The zero-order valence-electron chi connectivity index (χ0n) is 15.2. The molecule has 0 radical (unpaired) electrons. The molecule has 0 atom stereocenters. The second-order valence-corrected chi connectivity index (χ2v) is 6.98. The molecule has 6 nitrogen and oxygen atoms in total. The predicted molar refractivity (Wildman–Crippen MR) is 112 cm³/mol. The number of para-hydroxylation sites is 1. The molecular formula is C22H14N2O4S. The quantitative estimate of drug-likeness (QED) is 0.393. The maximum atomic E-state index is 12.4. The largest absolute Gasteiger partial charge is 0.504 e. The highest BCUT2D eigenvalue weighted by atomic mass is 32.1. The van der Waals surface area contributed by atoms with Gasteiger partial charge in [0, 0.05) is 10.8 Å². The lowest BCUT2D eigenvalue weighted by Crippen LogP contribution is -2.02. The van der Waals surface area contributed by atoms with Crippen molar-refractivity contribution in [1.29, 1.82) is 5.26 Å². The highest BCUT2D eigenvalue weighted by Crippen LogP contribution is 2.30. The average molecular weight is 402 g/mol. The summed E-state index contributed by atoms with van der Waals surface area (Å²) in [5.41, 5.74) is 1.84. The Hall–Kier alpha value is -3.89. The Labute approximate surface area is 169 Å². The van der Waals surface area contributed by atoms with Crippen LogP contribution in [0.3, 0.4) is 0 Å². The van der Waals surface area contributed by atoms with Gasteiger partial charge < -0.3 is 14.3 Å². The lowest BCUT2D eigenvalue weighted by atomic mass is 10.1. The molecule has 0 fully saturated rings. The molecule has 0 unspecified atom stereocenters. The van der Waals surface area contributed by atoms with Crippen LogP contribution in [0.5, 0.6) is 11.5 Å². The van der Waals surface area contributed by atoms with Gasteiger partial charge in [-0.15, -0.1) is 11.3 Å². The maximum absolute atomic E-state index is 12.4. The van der Waals surface area contributed by atoms with Crippen molar-refractivity contribution in [3.05, 3.63) is 74.9 Å². The van der Waals surface area contributed by atoms with E-state index in [0.29, 0.717) is 38.7 Å². The van der Waals surface area contributed by atoms with Gasteiger partial charge in [0.05, 0.1) is 23.9 Å². The highest BCUT2D eigenvalue weighted by molar-refractivity contribution is 7.11. The minimum Gasteiger partial charge on any atom is -0.504 e. The third kappa shape index (κ3) is 3.61. The zero-order chi connectivity index (χ0) is 20.4. The standard InChI is InChI=1S/C22H14N2O4S/c1-27-20-9-13(6-7-18(20)25)8-15(11-23)21-24-17(12-29-21)16-10-14-4-2-3-5-19(14)28-22(16)26/h2-10,12,25H,1H3/b15-8-. The minimum absolute atomic E-state index is 0.0164. The summed E-state index contributed by atoms with van der Waals surface area (Å²) in [6, 6.07) is 15.9. The number of phenols is 1. The lowest BCUT2D eigenvalue weighted by Gasteiger charge is -2.04. The van der Waals surface area contributed by atoms with Gasteiger partial charge in [0.2, 0.25) is 0 Å². The number of fused-ring (bicyclic) bond motifs is 1. The van der Waals surface area contributed by atoms with Gasteiger partial charge in [-0.05, 0) is 35.9 Å². The van der Waals surface area contributed by atoms with Crippen LogP contribution in [0.1, 0.15) is 10.6 Å². The van der Waals surface area contributed by atoms with E-state index >= 15 is 0 Å². The summed E-state index contributed by atoms with van der Waals surface area (Å²) in [7, 11) is 1.45. The summed E-state index contributed by atoms with van der Waals surface area (Å²) in [5, 5.41) is 22.3. The monoisotopic (exact) mass is 402 g/mol. The molecule has 0 aliphatic rings. The summed E-state index contributed by atoms with van der Waals surface area (Å²) in [5.74, 6) is 0.326. The number of nitrogens with zero attached hydrogens (tertiary/aromatic N) is 2. The van der Waals surface area contributed by atoms with E-state index < -0.39 is 5.63 Å². The van der Waals surface area contributed by atoms with E-state index in [0.717, 1.165) is 5.39 Å². The molecule has 0 saturated carbocycles. The number of hydrogen-bond donors (Lipinski definition) is 1. The van der Waals surface area contributed by atoms with Crippen LogP contribution < -0.4 is 10.4 Å². The Morgan fingerprint density at radius 1 is 1.28 bits per heavy atom. The van der Waals surface area contributed by atoms with Crippen LogP contribution in [-0.4, -0.2) is 17.2 Å². The van der Waals surface area contributed by atoms with E-state index in [1.807, 2.05) is 12.1 Å². The first kappa shape index (κ1) is 18.5. The number of aromatic nitrogens is 1. The van der Waals surface area contributed by atoms with Crippen molar-refractivity contribution in [2.45, 2.75) is 0 Å². The van der Waals surface area contributed by atoms with Gasteiger partial charge in [-0.25, -0.2) is 9.78 Å². The van der Waals surface area contributed by atoms with Crippen molar-refractivity contribution >= 4 is 34.0 Å². The van der Waals surface area contributed by atoms with E-state index in [9.17, 15) is 15.2 Å². The number of allylic oxidation sites excluding steroid dienone is 1. The second-order valence-electron chi connectivity index (χ2n) is 6.12. The number of nitriles is 1. The molecule has 0 spiro atoms. The first-order valence-corrected chi connectivity index (χ1v) is 9.45. The number of aromatic hydroxyl groups is 1. The molecule has 2 heterocycles. The number of hydrogen-bond acceptors (Lipinski definition) is 7. The number of rotatable bonds is 4. The van der Waals surface area contributed by atoms with E-state index in [4.69, 9.17) is 9.15 Å². The Morgan fingerprint density at radius 3 is 2.90 bits per heavy atom. The third-order valence-corrected chi connectivity index (χ3v) is 5.16. The number of methoxy groups -OCH3 is 1. The summed E-state index contributed by atoms with van der Waals surface area (Å²) in [4.78, 5) is 16.8. The number of thiazole rings is 1. The van der Waals surface area contributed by atoms with Gasteiger partial charge >= 0.3 is 5.63 Å². The lowest BCUT2D eigenvalue weighted by molar-refractivity contribution is 0.373. The van der Waals surface area contributed by atoms with Crippen LogP contribution in [0.15, 0.2) is 63.1 Å². The number of ether oxygens (including phenoxy) is 1. The van der Waals surface area contributed by atoms with E-state index in [2.05, 4.69) is 11.1 Å². The van der Waals surface area contributed by atoms with Crippen LogP contribution >= 0.6 is 11.3 Å². The maximum Gasteiger partial charge on any atom is 0.345 e. The molecule has 0 bridgehead atoms. The fourth-order valence-corrected chi connectivity index (χ4v) is 3.64. The van der Waals surface area contributed by atoms with Crippen LogP contribution in [0.25, 0.3) is 33.9 Å². The Morgan fingerprint density at radius 2 is 2.10 bits per heavy atom. The fourth-order valence-electron chi connectivity index (χ4n) is 2.85. The highest BCUT2D eigenvalue weighted by Gasteiger charge is 2.14. The van der Waals surface area contributed by atoms with Crippen LogP contribution in [0.4, 0.5) is 0 Å². The van der Waals surface area contributed by atoms with Crippen molar-refractivity contribution in [2.24, 2.45) is 0 Å².